The fourth-order valence-corrected chi connectivity index (χ4v) is 3.28. The minimum atomic E-state index is -0.157. The van der Waals surface area contributed by atoms with Crippen LogP contribution in [0.4, 0.5) is 0 Å². The van der Waals surface area contributed by atoms with E-state index in [-0.39, 0.29) is 24.7 Å². The number of rotatable bonds is 8. The van der Waals surface area contributed by atoms with Gasteiger partial charge in [0.2, 0.25) is 11.8 Å². The number of hydrogen-bond donors (Lipinski definition) is 1. The molecule has 0 bridgehead atoms. The van der Waals surface area contributed by atoms with Gasteiger partial charge in [-0.2, -0.15) is 5.10 Å². The maximum Gasteiger partial charge on any atom is 0.243 e. The first kappa shape index (κ1) is 20.6. The Labute approximate surface area is 171 Å². The van der Waals surface area contributed by atoms with Crippen molar-refractivity contribution in [2.45, 2.75) is 33.1 Å². The Morgan fingerprint density at radius 1 is 1.03 bits per heavy atom. The van der Waals surface area contributed by atoms with Crippen molar-refractivity contribution < 1.29 is 14.3 Å². The Kier molecular flexibility index (Phi) is 7.00. The van der Waals surface area contributed by atoms with Crippen molar-refractivity contribution in [2.24, 2.45) is 5.10 Å². The summed E-state index contributed by atoms with van der Waals surface area (Å²) in [6.07, 6.45) is 1.03. The van der Waals surface area contributed by atoms with Crippen molar-refractivity contribution in [3.63, 3.8) is 0 Å². The molecule has 152 valence electrons. The largest absolute Gasteiger partial charge is 0.491 e. The van der Waals surface area contributed by atoms with Crippen molar-refractivity contribution in [1.29, 1.82) is 0 Å². The summed E-state index contributed by atoms with van der Waals surface area (Å²) < 4.78 is 5.77. The van der Waals surface area contributed by atoms with E-state index in [2.05, 4.69) is 10.4 Å². The Morgan fingerprint density at radius 3 is 2.48 bits per heavy atom. The standard InChI is InChI=1S/C23H27N3O3/c1-17-7-6-8-18(2)23(17)29-16-14-24-21(27)11-12-22(28)26-15-13-20(25-26)19-9-4-3-5-10-19/h3-10H,11-16H2,1-2H3,(H,24,27). The second kappa shape index (κ2) is 9.87. The summed E-state index contributed by atoms with van der Waals surface area (Å²) in [6.45, 7) is 5.35. The van der Waals surface area contributed by atoms with E-state index in [9.17, 15) is 9.59 Å². The summed E-state index contributed by atoms with van der Waals surface area (Å²) in [5.41, 5.74) is 4.09. The van der Waals surface area contributed by atoms with Crippen molar-refractivity contribution in [3.05, 3.63) is 65.2 Å². The van der Waals surface area contributed by atoms with Gasteiger partial charge in [-0.15, -0.1) is 0 Å². The number of para-hydroxylation sites is 1. The molecular formula is C23H27N3O3. The van der Waals surface area contributed by atoms with Crippen LogP contribution in [0.2, 0.25) is 0 Å². The van der Waals surface area contributed by atoms with Gasteiger partial charge in [0, 0.05) is 19.3 Å². The van der Waals surface area contributed by atoms with E-state index >= 15 is 0 Å². The van der Waals surface area contributed by atoms with Crippen LogP contribution in [-0.2, 0) is 9.59 Å². The summed E-state index contributed by atoms with van der Waals surface area (Å²) in [4.78, 5) is 24.4. The smallest absolute Gasteiger partial charge is 0.243 e. The Balaban J connectivity index is 1.37. The van der Waals surface area contributed by atoms with Gasteiger partial charge in [-0.25, -0.2) is 5.01 Å². The number of benzene rings is 2. The van der Waals surface area contributed by atoms with Gasteiger partial charge < -0.3 is 10.1 Å². The second-order valence-corrected chi connectivity index (χ2v) is 7.10. The van der Waals surface area contributed by atoms with Gasteiger partial charge in [0.05, 0.1) is 18.8 Å². The van der Waals surface area contributed by atoms with Gasteiger partial charge in [-0.3, -0.25) is 9.59 Å². The van der Waals surface area contributed by atoms with Crippen LogP contribution in [-0.4, -0.2) is 42.2 Å². The highest BCUT2D eigenvalue weighted by atomic mass is 16.5. The SMILES string of the molecule is Cc1cccc(C)c1OCCNC(=O)CCC(=O)N1CCC(c2ccccc2)=N1. The highest BCUT2D eigenvalue weighted by Gasteiger charge is 2.21. The summed E-state index contributed by atoms with van der Waals surface area (Å²) >= 11 is 0. The maximum atomic E-state index is 12.3. The topological polar surface area (TPSA) is 71.0 Å². The maximum absolute atomic E-state index is 12.3. The number of nitrogens with one attached hydrogen (secondary N) is 1. The lowest BCUT2D eigenvalue weighted by Gasteiger charge is -2.13. The number of carbonyl (C=O) groups is 2. The molecule has 1 aliphatic rings. The van der Waals surface area contributed by atoms with Crippen LogP contribution in [0.1, 0.15) is 36.0 Å². The van der Waals surface area contributed by atoms with Crippen LogP contribution in [0.3, 0.4) is 0 Å². The lowest BCUT2D eigenvalue weighted by Crippen LogP contribution is -2.30. The van der Waals surface area contributed by atoms with Gasteiger partial charge in [0.25, 0.3) is 0 Å². The minimum Gasteiger partial charge on any atom is -0.491 e. The fourth-order valence-electron chi connectivity index (χ4n) is 3.28. The van der Waals surface area contributed by atoms with Crippen molar-refractivity contribution in [3.8, 4) is 5.75 Å². The third kappa shape index (κ3) is 5.67. The number of hydrogen-bond acceptors (Lipinski definition) is 4. The molecule has 0 atom stereocenters. The highest BCUT2D eigenvalue weighted by Crippen LogP contribution is 2.22. The molecule has 6 heteroatoms. The lowest BCUT2D eigenvalue weighted by atomic mass is 10.1. The second-order valence-electron chi connectivity index (χ2n) is 7.10. The molecule has 1 aliphatic heterocycles. The summed E-state index contributed by atoms with van der Waals surface area (Å²) in [6, 6.07) is 15.8. The highest BCUT2D eigenvalue weighted by molar-refractivity contribution is 6.02. The number of hydrazone groups is 1. The molecule has 2 aromatic rings. The molecule has 0 fully saturated rings. The Morgan fingerprint density at radius 2 is 1.76 bits per heavy atom. The van der Waals surface area contributed by atoms with Crippen LogP contribution < -0.4 is 10.1 Å². The first-order valence-corrected chi connectivity index (χ1v) is 9.93. The number of ether oxygens (including phenoxy) is 1. The van der Waals surface area contributed by atoms with E-state index in [1.54, 1.807) is 0 Å². The summed E-state index contributed by atoms with van der Waals surface area (Å²) in [7, 11) is 0. The van der Waals surface area contributed by atoms with Gasteiger partial charge in [-0.05, 0) is 30.5 Å². The zero-order valence-corrected chi connectivity index (χ0v) is 17.0. The van der Waals surface area contributed by atoms with Crippen LogP contribution >= 0.6 is 0 Å². The molecule has 3 rings (SSSR count). The monoisotopic (exact) mass is 393 g/mol. The molecular weight excluding hydrogens is 366 g/mol. The van der Waals surface area contributed by atoms with E-state index in [4.69, 9.17) is 4.74 Å². The average Bonchev–Trinajstić information content (AvgIpc) is 3.22. The molecule has 29 heavy (non-hydrogen) atoms. The molecule has 1 heterocycles. The molecule has 0 spiro atoms. The van der Waals surface area contributed by atoms with E-state index in [1.807, 2.05) is 62.4 Å². The van der Waals surface area contributed by atoms with Gasteiger partial charge in [0.15, 0.2) is 0 Å². The number of nitrogens with zero attached hydrogens (tertiary/aromatic N) is 2. The summed E-state index contributed by atoms with van der Waals surface area (Å²) in [5, 5.41) is 8.68. The van der Waals surface area contributed by atoms with Crippen molar-refractivity contribution >= 4 is 17.5 Å². The average molecular weight is 393 g/mol. The van der Waals surface area contributed by atoms with Crippen molar-refractivity contribution in [2.75, 3.05) is 19.7 Å². The van der Waals surface area contributed by atoms with Crippen LogP contribution in [0.15, 0.2) is 53.6 Å². The third-order valence-electron chi connectivity index (χ3n) is 4.84. The molecule has 0 saturated heterocycles. The third-order valence-corrected chi connectivity index (χ3v) is 4.84. The van der Waals surface area contributed by atoms with Gasteiger partial charge >= 0.3 is 0 Å². The molecule has 2 aromatic carbocycles. The molecule has 0 aromatic heterocycles. The minimum absolute atomic E-state index is 0.127. The lowest BCUT2D eigenvalue weighted by molar-refractivity contribution is -0.133. The summed E-state index contributed by atoms with van der Waals surface area (Å²) in [5.74, 6) is 0.575. The zero-order chi connectivity index (χ0) is 20.6. The quantitative estimate of drug-likeness (QED) is 0.700. The molecule has 1 N–H and O–H groups in total. The predicted molar refractivity (Wildman–Crippen MR) is 113 cm³/mol. The molecule has 0 aliphatic carbocycles. The zero-order valence-electron chi connectivity index (χ0n) is 17.0. The van der Waals surface area contributed by atoms with Gasteiger partial charge in [0.1, 0.15) is 12.4 Å². The van der Waals surface area contributed by atoms with Crippen LogP contribution in [0, 0.1) is 13.8 Å². The van der Waals surface area contributed by atoms with E-state index in [0.29, 0.717) is 19.7 Å². The molecule has 0 radical (unpaired) electrons. The van der Waals surface area contributed by atoms with Gasteiger partial charge in [-0.1, -0.05) is 48.5 Å². The number of amides is 2. The molecule has 0 unspecified atom stereocenters. The number of carbonyl (C=O) groups excluding carboxylic acids is 2. The van der Waals surface area contributed by atoms with Crippen LogP contribution in [0.25, 0.3) is 0 Å². The van der Waals surface area contributed by atoms with E-state index in [0.717, 1.165) is 34.6 Å². The normalized spacial score (nSPS) is 13.2. The Hall–Kier alpha value is -3.15. The number of aryl methyl sites for hydroxylation is 2. The molecule has 6 nitrogen and oxygen atoms in total. The Bertz CT molecular complexity index is 873. The fraction of sp³-hybridized carbons (Fsp3) is 0.348. The van der Waals surface area contributed by atoms with E-state index in [1.165, 1.54) is 5.01 Å². The molecule has 0 saturated carbocycles. The molecule has 2 amide bonds. The first-order valence-electron chi connectivity index (χ1n) is 9.93. The van der Waals surface area contributed by atoms with E-state index < -0.39 is 0 Å². The predicted octanol–water partition coefficient (Wildman–Crippen LogP) is 3.22. The first-order chi connectivity index (χ1) is 14.0. The van der Waals surface area contributed by atoms with Crippen LogP contribution in [0.5, 0.6) is 5.75 Å². The van der Waals surface area contributed by atoms with Crippen molar-refractivity contribution in [1.82, 2.24) is 10.3 Å².